The Balaban J connectivity index is 1.77. The van der Waals surface area contributed by atoms with Gasteiger partial charge in [0.1, 0.15) is 6.04 Å². The summed E-state index contributed by atoms with van der Waals surface area (Å²) in [6, 6.07) is 7.99. The predicted molar refractivity (Wildman–Crippen MR) is 85.4 cm³/mol. The number of nitriles is 1. The number of urea groups is 1. The van der Waals surface area contributed by atoms with Gasteiger partial charge in [-0.1, -0.05) is 12.8 Å². The van der Waals surface area contributed by atoms with Crippen molar-refractivity contribution in [3.05, 3.63) is 29.8 Å². The number of carbonyl (C=O) groups is 2. The van der Waals surface area contributed by atoms with Crippen molar-refractivity contribution in [2.75, 3.05) is 5.32 Å². The van der Waals surface area contributed by atoms with Gasteiger partial charge in [-0.15, -0.1) is 0 Å². The average Bonchev–Trinajstić information content (AvgIpc) is 2.95. The van der Waals surface area contributed by atoms with E-state index in [9.17, 15) is 9.59 Å². The van der Waals surface area contributed by atoms with Crippen molar-refractivity contribution in [1.82, 2.24) is 4.90 Å². The summed E-state index contributed by atoms with van der Waals surface area (Å²) < 4.78 is 0. The molecule has 3 N–H and O–H groups in total. The summed E-state index contributed by atoms with van der Waals surface area (Å²) in [6.07, 6.45) is 4.87. The van der Waals surface area contributed by atoms with E-state index in [-0.39, 0.29) is 12.1 Å². The molecule has 2 aliphatic rings. The quantitative estimate of drug-likeness (QED) is 0.875. The Morgan fingerprint density at radius 3 is 2.57 bits per heavy atom. The fourth-order valence-corrected chi connectivity index (χ4v) is 3.82. The van der Waals surface area contributed by atoms with E-state index in [2.05, 4.69) is 5.32 Å². The maximum atomic E-state index is 12.7. The molecule has 1 heterocycles. The molecule has 1 aliphatic heterocycles. The summed E-state index contributed by atoms with van der Waals surface area (Å²) in [7, 11) is 0. The minimum absolute atomic E-state index is 0.0969. The van der Waals surface area contributed by atoms with Crippen molar-refractivity contribution in [3.63, 3.8) is 0 Å². The number of carbonyl (C=O) groups excluding carboxylic acids is 2. The minimum atomic E-state index is -0.526. The molecule has 0 bridgehead atoms. The molecular formula is C17H20N4O2. The molecule has 1 saturated carbocycles. The van der Waals surface area contributed by atoms with Gasteiger partial charge in [0, 0.05) is 11.7 Å². The number of anilines is 1. The van der Waals surface area contributed by atoms with E-state index in [4.69, 9.17) is 11.0 Å². The number of fused-ring (bicyclic) bond motifs is 1. The van der Waals surface area contributed by atoms with Crippen molar-refractivity contribution >= 4 is 17.6 Å². The molecule has 120 valence electrons. The lowest BCUT2D eigenvalue weighted by molar-refractivity contribution is -0.121. The number of primary amides is 1. The predicted octanol–water partition coefficient (Wildman–Crippen LogP) is 2.21. The Morgan fingerprint density at radius 2 is 1.91 bits per heavy atom. The first-order chi connectivity index (χ1) is 11.1. The van der Waals surface area contributed by atoms with Crippen LogP contribution >= 0.6 is 0 Å². The molecule has 3 atom stereocenters. The molecule has 6 heteroatoms. The Hall–Kier alpha value is -2.55. The third-order valence-corrected chi connectivity index (χ3v) is 4.92. The lowest BCUT2D eigenvalue weighted by Crippen LogP contribution is -2.49. The van der Waals surface area contributed by atoms with Crippen LogP contribution in [0.4, 0.5) is 10.5 Å². The molecule has 23 heavy (non-hydrogen) atoms. The van der Waals surface area contributed by atoms with Crippen molar-refractivity contribution in [3.8, 4) is 6.07 Å². The fourth-order valence-electron chi connectivity index (χ4n) is 3.82. The van der Waals surface area contributed by atoms with Crippen molar-refractivity contribution in [2.24, 2.45) is 11.7 Å². The molecule has 1 saturated heterocycles. The molecule has 3 rings (SSSR count). The third kappa shape index (κ3) is 3.00. The van der Waals surface area contributed by atoms with E-state index in [1.807, 2.05) is 6.07 Å². The highest BCUT2D eigenvalue weighted by atomic mass is 16.2. The molecule has 0 aromatic heterocycles. The van der Waals surface area contributed by atoms with Crippen LogP contribution < -0.4 is 11.1 Å². The van der Waals surface area contributed by atoms with Crippen LogP contribution in [0.25, 0.3) is 0 Å². The number of rotatable bonds is 2. The second-order valence-corrected chi connectivity index (χ2v) is 6.29. The van der Waals surface area contributed by atoms with Crippen LogP contribution in [0.3, 0.4) is 0 Å². The summed E-state index contributed by atoms with van der Waals surface area (Å²) >= 11 is 0. The summed E-state index contributed by atoms with van der Waals surface area (Å²) in [5.41, 5.74) is 6.66. The first kappa shape index (κ1) is 15.3. The first-order valence-corrected chi connectivity index (χ1v) is 7.99. The number of hydrogen-bond acceptors (Lipinski definition) is 3. The maximum absolute atomic E-state index is 12.7. The van der Waals surface area contributed by atoms with Gasteiger partial charge in [-0.05, 0) is 49.4 Å². The first-order valence-electron chi connectivity index (χ1n) is 7.99. The van der Waals surface area contributed by atoms with Gasteiger partial charge in [0.2, 0.25) is 5.91 Å². The molecular weight excluding hydrogens is 292 g/mol. The van der Waals surface area contributed by atoms with Gasteiger partial charge < -0.3 is 16.0 Å². The third-order valence-electron chi connectivity index (χ3n) is 4.92. The molecule has 0 spiro atoms. The van der Waals surface area contributed by atoms with Gasteiger partial charge in [-0.25, -0.2) is 4.79 Å². The fraction of sp³-hybridized carbons (Fsp3) is 0.471. The Morgan fingerprint density at radius 1 is 1.22 bits per heavy atom. The molecule has 3 unspecified atom stereocenters. The summed E-state index contributed by atoms with van der Waals surface area (Å²) in [5, 5.41) is 11.6. The second-order valence-electron chi connectivity index (χ2n) is 6.29. The number of amides is 3. The number of likely N-dealkylation sites (tertiary alicyclic amines) is 1. The Labute approximate surface area is 135 Å². The highest BCUT2D eigenvalue weighted by Gasteiger charge is 2.46. The van der Waals surface area contributed by atoms with Gasteiger partial charge in [0.05, 0.1) is 11.6 Å². The number of nitrogens with zero attached hydrogens (tertiary/aromatic N) is 2. The average molecular weight is 312 g/mol. The van der Waals surface area contributed by atoms with Gasteiger partial charge in [0.25, 0.3) is 0 Å². The maximum Gasteiger partial charge on any atom is 0.322 e. The van der Waals surface area contributed by atoms with Gasteiger partial charge >= 0.3 is 6.03 Å². The van der Waals surface area contributed by atoms with Gasteiger partial charge in [-0.3, -0.25) is 4.79 Å². The van der Waals surface area contributed by atoms with E-state index < -0.39 is 11.9 Å². The monoisotopic (exact) mass is 312 g/mol. The molecule has 3 amide bonds. The van der Waals surface area contributed by atoms with Gasteiger partial charge in [-0.2, -0.15) is 5.26 Å². The van der Waals surface area contributed by atoms with Crippen LogP contribution in [0.1, 0.15) is 37.7 Å². The van der Waals surface area contributed by atoms with Crippen LogP contribution in [0.5, 0.6) is 0 Å². The van der Waals surface area contributed by atoms with Crippen LogP contribution in [0.2, 0.25) is 0 Å². The number of nitrogens with two attached hydrogens (primary N) is 1. The largest absolute Gasteiger partial charge is 0.368 e. The molecule has 2 fully saturated rings. The van der Waals surface area contributed by atoms with Crippen LogP contribution in [0.15, 0.2) is 24.3 Å². The van der Waals surface area contributed by atoms with E-state index in [0.717, 1.165) is 25.7 Å². The van der Waals surface area contributed by atoms with Crippen LogP contribution in [0, 0.1) is 17.2 Å². The second kappa shape index (κ2) is 6.29. The van der Waals surface area contributed by atoms with Gasteiger partial charge in [0.15, 0.2) is 0 Å². The van der Waals surface area contributed by atoms with Crippen molar-refractivity contribution in [2.45, 2.75) is 44.2 Å². The molecule has 1 aromatic carbocycles. The Kier molecular flexibility index (Phi) is 4.20. The molecule has 0 radical (unpaired) electrons. The Bertz CT molecular complexity index is 650. The number of benzene rings is 1. The SMILES string of the molecule is N#Cc1ccc(NC(=O)N2C(C(N)=O)CC3CCCCC32)cc1. The topological polar surface area (TPSA) is 99.2 Å². The van der Waals surface area contributed by atoms with Crippen LogP contribution in [-0.4, -0.2) is 28.9 Å². The van der Waals surface area contributed by atoms with Crippen molar-refractivity contribution in [1.29, 1.82) is 5.26 Å². The van der Waals surface area contributed by atoms with Crippen molar-refractivity contribution < 1.29 is 9.59 Å². The normalized spacial score (nSPS) is 26.2. The highest BCUT2D eigenvalue weighted by molar-refractivity contribution is 5.94. The van der Waals surface area contributed by atoms with E-state index in [0.29, 0.717) is 23.6 Å². The zero-order valence-corrected chi connectivity index (χ0v) is 12.9. The number of hydrogen-bond donors (Lipinski definition) is 2. The standard InChI is InChI=1S/C17H20N4O2/c18-10-11-5-7-13(8-6-11)20-17(23)21-14-4-2-1-3-12(14)9-15(21)16(19)22/h5-8,12,14-15H,1-4,9H2,(H2,19,22)(H,20,23). The number of nitrogens with one attached hydrogen (secondary N) is 1. The lowest BCUT2D eigenvalue weighted by atomic mass is 9.85. The van der Waals surface area contributed by atoms with Crippen LogP contribution in [-0.2, 0) is 4.79 Å². The molecule has 1 aromatic rings. The highest BCUT2D eigenvalue weighted by Crippen LogP contribution is 2.39. The van der Waals surface area contributed by atoms with E-state index in [1.165, 1.54) is 0 Å². The zero-order valence-electron chi connectivity index (χ0n) is 12.9. The van der Waals surface area contributed by atoms with E-state index in [1.54, 1.807) is 29.2 Å². The zero-order chi connectivity index (χ0) is 16.4. The smallest absolute Gasteiger partial charge is 0.322 e. The molecule has 1 aliphatic carbocycles. The lowest BCUT2D eigenvalue weighted by Gasteiger charge is -2.33. The molecule has 6 nitrogen and oxygen atoms in total. The summed E-state index contributed by atoms with van der Waals surface area (Å²) in [4.78, 5) is 26.1. The minimum Gasteiger partial charge on any atom is -0.368 e. The summed E-state index contributed by atoms with van der Waals surface area (Å²) in [6.45, 7) is 0. The van der Waals surface area contributed by atoms with E-state index >= 15 is 0 Å². The summed E-state index contributed by atoms with van der Waals surface area (Å²) in [5.74, 6) is -0.0673.